The summed E-state index contributed by atoms with van der Waals surface area (Å²) in [5, 5.41) is 2.81. The van der Waals surface area contributed by atoms with Gasteiger partial charge in [-0.1, -0.05) is 12.1 Å². The Morgan fingerprint density at radius 3 is 2.22 bits per heavy atom. The highest BCUT2D eigenvalue weighted by Gasteiger charge is 2.27. The molecule has 0 aromatic heterocycles. The van der Waals surface area contributed by atoms with Gasteiger partial charge in [0.1, 0.15) is 5.82 Å². The van der Waals surface area contributed by atoms with Gasteiger partial charge >= 0.3 is 0 Å². The van der Waals surface area contributed by atoms with Gasteiger partial charge in [-0.3, -0.25) is 9.59 Å². The van der Waals surface area contributed by atoms with E-state index in [1.54, 1.807) is 29.2 Å². The number of amides is 2. The number of benzene rings is 2. The van der Waals surface area contributed by atoms with E-state index in [1.165, 1.54) is 12.1 Å². The summed E-state index contributed by atoms with van der Waals surface area (Å²) in [7, 11) is 0. The normalized spacial score (nSPS) is 14.3. The van der Waals surface area contributed by atoms with Crippen molar-refractivity contribution in [2.75, 3.05) is 24.1 Å². The molecule has 27 heavy (non-hydrogen) atoms. The molecule has 0 saturated carbocycles. The van der Waals surface area contributed by atoms with Crippen LogP contribution in [0.2, 0.25) is 0 Å². The highest BCUT2D eigenvalue weighted by Crippen LogP contribution is 2.20. The maximum atomic E-state index is 12.9. The zero-order valence-corrected chi connectivity index (χ0v) is 15.7. The summed E-state index contributed by atoms with van der Waals surface area (Å²) in [5.74, 6) is -0.494. The number of hydrogen-bond donors (Lipinski definition) is 2. The van der Waals surface area contributed by atoms with E-state index in [9.17, 15) is 14.0 Å². The van der Waals surface area contributed by atoms with E-state index in [2.05, 4.69) is 5.32 Å². The summed E-state index contributed by atoms with van der Waals surface area (Å²) in [6.07, 6.45) is 1.59. The number of carbonyl (C=O) groups is 2. The van der Waals surface area contributed by atoms with Gasteiger partial charge in [-0.25, -0.2) is 4.39 Å². The number of rotatable bonds is 4. The van der Waals surface area contributed by atoms with E-state index in [-0.39, 0.29) is 36.0 Å². The average molecular weight is 392 g/mol. The van der Waals surface area contributed by atoms with Crippen molar-refractivity contribution in [3.8, 4) is 0 Å². The molecule has 3 rings (SSSR count). The lowest BCUT2D eigenvalue weighted by molar-refractivity contribution is -0.133. The Morgan fingerprint density at radius 1 is 1.04 bits per heavy atom. The van der Waals surface area contributed by atoms with Crippen LogP contribution in [0.1, 0.15) is 18.4 Å². The van der Waals surface area contributed by atoms with Gasteiger partial charge in [-0.15, -0.1) is 12.4 Å². The molecular formula is C20H23ClFN3O2. The summed E-state index contributed by atoms with van der Waals surface area (Å²) in [6, 6.07) is 13.0. The van der Waals surface area contributed by atoms with Crippen molar-refractivity contribution in [2.24, 2.45) is 5.92 Å². The lowest BCUT2D eigenvalue weighted by atomic mass is 9.95. The Morgan fingerprint density at radius 2 is 1.63 bits per heavy atom. The number of nitrogens with two attached hydrogens (primary N) is 1. The largest absolute Gasteiger partial charge is 0.399 e. The number of carbonyl (C=O) groups excluding carboxylic acids is 2. The van der Waals surface area contributed by atoms with Gasteiger partial charge in [0.2, 0.25) is 11.8 Å². The molecule has 1 heterocycles. The summed E-state index contributed by atoms with van der Waals surface area (Å²) in [4.78, 5) is 26.5. The molecule has 144 valence electrons. The molecule has 7 heteroatoms. The molecule has 1 saturated heterocycles. The quantitative estimate of drug-likeness (QED) is 0.785. The van der Waals surface area contributed by atoms with Crippen LogP contribution in [0.3, 0.4) is 0 Å². The van der Waals surface area contributed by atoms with Crippen LogP contribution in [0.15, 0.2) is 48.5 Å². The Balaban J connectivity index is 0.00000261. The van der Waals surface area contributed by atoms with Crippen LogP contribution in [0, 0.1) is 11.7 Å². The number of nitrogens with one attached hydrogen (secondary N) is 1. The molecule has 0 unspecified atom stereocenters. The Kier molecular flexibility index (Phi) is 7.19. The molecule has 1 fully saturated rings. The van der Waals surface area contributed by atoms with Crippen LogP contribution < -0.4 is 11.1 Å². The topological polar surface area (TPSA) is 75.4 Å². The Bertz CT molecular complexity index is 705. The predicted octanol–water partition coefficient (Wildman–Crippen LogP) is 3.25. The standard InChI is InChI=1S/C20H22FN3O2.ClH/c21-16-3-7-18(8-4-16)23-20(26)15-9-11-24(12-10-15)19(25)13-14-1-5-17(22)6-2-14;/h1-8,15H,9-13,22H2,(H,23,26);1H. The first-order chi connectivity index (χ1) is 12.5. The Hall–Kier alpha value is -2.60. The van der Waals surface area contributed by atoms with Gasteiger partial charge in [0, 0.05) is 30.4 Å². The molecule has 2 amide bonds. The second kappa shape index (κ2) is 9.37. The first kappa shape index (κ1) is 20.7. The lowest BCUT2D eigenvalue weighted by Crippen LogP contribution is -2.42. The molecule has 0 atom stereocenters. The van der Waals surface area contributed by atoms with Crippen molar-refractivity contribution in [3.05, 3.63) is 59.9 Å². The molecular weight excluding hydrogens is 369 g/mol. The van der Waals surface area contributed by atoms with Gasteiger partial charge in [0.15, 0.2) is 0 Å². The third kappa shape index (κ3) is 5.69. The molecule has 2 aromatic rings. The smallest absolute Gasteiger partial charge is 0.227 e. The van der Waals surface area contributed by atoms with Crippen LogP contribution >= 0.6 is 12.4 Å². The SMILES string of the molecule is Cl.Nc1ccc(CC(=O)N2CCC(C(=O)Nc3ccc(F)cc3)CC2)cc1. The molecule has 1 aliphatic rings. The average Bonchev–Trinajstić information content (AvgIpc) is 2.65. The van der Waals surface area contributed by atoms with Crippen LogP contribution in [-0.4, -0.2) is 29.8 Å². The molecule has 0 radical (unpaired) electrons. The van der Waals surface area contributed by atoms with Crippen LogP contribution in [-0.2, 0) is 16.0 Å². The van der Waals surface area contributed by atoms with Gasteiger partial charge in [0.25, 0.3) is 0 Å². The van der Waals surface area contributed by atoms with Gasteiger partial charge in [-0.2, -0.15) is 0 Å². The van der Waals surface area contributed by atoms with Gasteiger partial charge in [0.05, 0.1) is 6.42 Å². The summed E-state index contributed by atoms with van der Waals surface area (Å²) < 4.78 is 12.9. The third-order valence-corrected chi connectivity index (χ3v) is 4.67. The number of likely N-dealkylation sites (tertiary alicyclic amines) is 1. The first-order valence-electron chi connectivity index (χ1n) is 8.70. The highest BCUT2D eigenvalue weighted by atomic mass is 35.5. The molecule has 0 bridgehead atoms. The van der Waals surface area contributed by atoms with E-state index < -0.39 is 0 Å². The zero-order valence-electron chi connectivity index (χ0n) is 14.9. The van der Waals surface area contributed by atoms with E-state index >= 15 is 0 Å². The second-order valence-corrected chi connectivity index (χ2v) is 6.57. The van der Waals surface area contributed by atoms with Gasteiger partial charge in [-0.05, 0) is 54.8 Å². The summed E-state index contributed by atoms with van der Waals surface area (Å²) in [5.41, 5.74) is 7.84. The number of nitrogens with zero attached hydrogens (tertiary/aromatic N) is 1. The summed E-state index contributed by atoms with van der Waals surface area (Å²) in [6.45, 7) is 1.13. The fourth-order valence-corrected chi connectivity index (χ4v) is 3.09. The Labute approximate surface area is 164 Å². The zero-order chi connectivity index (χ0) is 18.5. The van der Waals surface area contributed by atoms with Crippen molar-refractivity contribution >= 4 is 35.6 Å². The van der Waals surface area contributed by atoms with Crippen molar-refractivity contribution < 1.29 is 14.0 Å². The van der Waals surface area contributed by atoms with Gasteiger partial charge < -0.3 is 16.0 Å². The fraction of sp³-hybridized carbons (Fsp3) is 0.300. The first-order valence-corrected chi connectivity index (χ1v) is 8.70. The van der Waals surface area contributed by atoms with Crippen molar-refractivity contribution in [1.29, 1.82) is 0 Å². The second-order valence-electron chi connectivity index (χ2n) is 6.57. The number of piperidine rings is 1. The molecule has 0 aliphatic carbocycles. The van der Waals surface area contributed by atoms with Crippen LogP contribution in [0.4, 0.5) is 15.8 Å². The maximum Gasteiger partial charge on any atom is 0.227 e. The fourth-order valence-electron chi connectivity index (χ4n) is 3.09. The third-order valence-electron chi connectivity index (χ3n) is 4.67. The van der Waals surface area contributed by atoms with E-state index in [1.807, 2.05) is 12.1 Å². The van der Waals surface area contributed by atoms with E-state index in [0.29, 0.717) is 43.7 Å². The molecule has 3 N–H and O–H groups in total. The number of nitrogen functional groups attached to an aromatic ring is 1. The highest BCUT2D eigenvalue weighted by molar-refractivity contribution is 5.92. The van der Waals surface area contributed by atoms with Crippen LogP contribution in [0.5, 0.6) is 0 Å². The molecule has 5 nitrogen and oxygen atoms in total. The van der Waals surface area contributed by atoms with Crippen molar-refractivity contribution in [1.82, 2.24) is 4.90 Å². The van der Waals surface area contributed by atoms with E-state index in [4.69, 9.17) is 5.73 Å². The predicted molar refractivity (Wildman–Crippen MR) is 106 cm³/mol. The number of anilines is 2. The van der Waals surface area contributed by atoms with Crippen molar-refractivity contribution in [3.63, 3.8) is 0 Å². The molecule has 0 spiro atoms. The minimum Gasteiger partial charge on any atom is -0.399 e. The lowest BCUT2D eigenvalue weighted by Gasteiger charge is -2.31. The van der Waals surface area contributed by atoms with Crippen molar-refractivity contribution in [2.45, 2.75) is 19.3 Å². The maximum absolute atomic E-state index is 12.9. The summed E-state index contributed by atoms with van der Waals surface area (Å²) >= 11 is 0. The minimum atomic E-state index is -0.337. The van der Waals surface area contributed by atoms with E-state index in [0.717, 1.165) is 5.56 Å². The molecule has 1 aliphatic heterocycles. The number of halogens is 2. The van der Waals surface area contributed by atoms with Crippen LogP contribution in [0.25, 0.3) is 0 Å². The minimum absolute atomic E-state index is 0. The molecule has 2 aromatic carbocycles. The monoisotopic (exact) mass is 391 g/mol. The number of hydrogen-bond acceptors (Lipinski definition) is 3.